The lowest BCUT2D eigenvalue weighted by molar-refractivity contribution is -0.418. The molecule has 0 aromatic heterocycles. The van der Waals surface area contributed by atoms with Crippen LogP contribution in [0.5, 0.6) is 0 Å². The van der Waals surface area contributed by atoms with Crippen molar-refractivity contribution < 1.29 is 69.5 Å². The Morgan fingerprint density at radius 3 is 1.29 bits per heavy atom. The molecule has 0 amide bonds. The fourth-order valence-electron chi connectivity index (χ4n) is 2.26. The van der Waals surface area contributed by atoms with Gasteiger partial charge >= 0.3 is 24.0 Å². The summed E-state index contributed by atoms with van der Waals surface area (Å²) in [5.41, 5.74) is -15.3. The van der Waals surface area contributed by atoms with Crippen molar-refractivity contribution >= 4 is 19.7 Å². The molecule has 0 saturated carbocycles. The number of benzene rings is 1. The van der Waals surface area contributed by atoms with Crippen molar-refractivity contribution in [3.63, 3.8) is 0 Å². The number of sulfone groups is 2. The Balaban J connectivity index is 3.99. The van der Waals surface area contributed by atoms with E-state index in [-0.39, 0.29) is 12.1 Å². The molecule has 0 N–H and O–H groups in total. The van der Waals surface area contributed by atoms with Gasteiger partial charge in [-0.2, -0.15) is 70.4 Å². The molecule has 4 nitrogen and oxygen atoms in total. The molecule has 0 aliphatic heterocycles. The van der Waals surface area contributed by atoms with Crippen molar-refractivity contribution in [3.8, 4) is 0 Å². The molecule has 1 aromatic rings. The van der Waals surface area contributed by atoms with Gasteiger partial charge in [-0.05, 0) is 0 Å². The highest BCUT2D eigenvalue weighted by Gasteiger charge is 2.84. The van der Waals surface area contributed by atoms with Crippen molar-refractivity contribution in [3.05, 3.63) is 40.5 Å². The molecule has 1 rings (SSSR count). The molecule has 0 saturated heterocycles. The normalized spacial score (nSPS) is 15.1. The van der Waals surface area contributed by atoms with Crippen LogP contribution in [0.1, 0.15) is 5.56 Å². The summed E-state index contributed by atoms with van der Waals surface area (Å²) in [7, 11) is -14.3. The van der Waals surface area contributed by atoms with E-state index in [4.69, 9.17) is 0 Å². The van der Waals surface area contributed by atoms with E-state index in [0.717, 1.165) is 6.07 Å². The maximum absolute atomic E-state index is 13.0. The van der Waals surface area contributed by atoms with Crippen molar-refractivity contribution in [2.45, 2.75) is 24.0 Å². The Hall–Kier alpha value is -1.85. The third-order valence-corrected chi connectivity index (χ3v) is 8.07. The molecule has 18 heteroatoms. The minimum atomic E-state index is -7.44. The summed E-state index contributed by atoms with van der Waals surface area (Å²) < 4.78 is 200. The highest BCUT2D eigenvalue weighted by atomic mass is 32.3. The SMILES string of the molecule is O=S(=O)(CC(C(F)(F)F)(C(F)(F)F)C(F)(F)F)[C-](c1ccccc1)S(=O)(=O)C(F)(F)F. The first-order chi connectivity index (χ1) is 13.4. The standard InChI is InChI=1S/C13H7F12O4S2/c14-10(15,16)9(11(17,18)19,12(20,21)22)6-30(26,27)8(7-4-2-1-3-5-7)31(28,29)13(23,24)25/h1-5H,6H2/q-1. The van der Waals surface area contributed by atoms with Gasteiger partial charge in [-0.25, -0.2) is 16.8 Å². The molecular weight excluding hydrogens is 512 g/mol. The van der Waals surface area contributed by atoms with Crippen LogP contribution in [-0.2, 0) is 19.7 Å². The van der Waals surface area contributed by atoms with Gasteiger partial charge in [0.1, 0.15) is 9.84 Å². The molecule has 31 heavy (non-hydrogen) atoms. The zero-order chi connectivity index (χ0) is 24.9. The van der Waals surface area contributed by atoms with Gasteiger partial charge in [0.2, 0.25) is 9.84 Å². The van der Waals surface area contributed by atoms with Crippen molar-refractivity contribution in [2.24, 2.45) is 5.41 Å². The summed E-state index contributed by atoms with van der Waals surface area (Å²) >= 11 is 0. The number of hydrogen-bond acceptors (Lipinski definition) is 4. The lowest BCUT2D eigenvalue weighted by Gasteiger charge is -2.39. The zero-order valence-corrected chi connectivity index (χ0v) is 15.7. The molecule has 180 valence electrons. The average Bonchev–Trinajstić information content (AvgIpc) is 2.48. The predicted molar refractivity (Wildman–Crippen MR) is 78.1 cm³/mol. The monoisotopic (exact) mass is 519 g/mol. The Labute approximate surface area is 165 Å². The molecule has 0 atom stereocenters. The van der Waals surface area contributed by atoms with Crippen LogP contribution in [0.4, 0.5) is 52.7 Å². The first kappa shape index (κ1) is 27.2. The predicted octanol–water partition coefficient (Wildman–Crippen LogP) is 4.55. The molecule has 0 bridgehead atoms. The van der Waals surface area contributed by atoms with Crippen LogP contribution < -0.4 is 0 Å². The van der Waals surface area contributed by atoms with E-state index in [9.17, 15) is 69.5 Å². The van der Waals surface area contributed by atoms with Gasteiger partial charge in [0, 0.05) is 0 Å². The van der Waals surface area contributed by atoms with Crippen molar-refractivity contribution in [1.29, 1.82) is 0 Å². The number of rotatable bonds is 5. The fraction of sp³-hybridized carbons (Fsp3) is 0.462. The molecular formula is C13H7F12O4S2-. The van der Waals surface area contributed by atoms with Gasteiger partial charge in [0.05, 0.1) is 10.3 Å². The van der Waals surface area contributed by atoms with Crippen LogP contribution in [0.3, 0.4) is 0 Å². The van der Waals surface area contributed by atoms with Gasteiger partial charge in [-0.1, -0.05) is 6.07 Å². The van der Waals surface area contributed by atoms with E-state index in [0.29, 0.717) is 12.1 Å². The summed E-state index contributed by atoms with van der Waals surface area (Å²) in [4.78, 5) is 0. The quantitative estimate of drug-likeness (QED) is 0.423. The summed E-state index contributed by atoms with van der Waals surface area (Å²) in [6.45, 7) is 0. The molecule has 0 heterocycles. The summed E-state index contributed by atoms with van der Waals surface area (Å²) in [5.74, 6) is -4.13. The number of alkyl halides is 12. The van der Waals surface area contributed by atoms with Gasteiger partial charge in [-0.3, -0.25) is 0 Å². The van der Waals surface area contributed by atoms with Gasteiger partial charge in [-0.15, -0.1) is 12.1 Å². The Morgan fingerprint density at radius 2 is 1.00 bits per heavy atom. The second-order valence-corrected chi connectivity index (χ2v) is 9.82. The Morgan fingerprint density at radius 1 is 0.645 bits per heavy atom. The fourth-order valence-corrected chi connectivity index (χ4v) is 6.40. The van der Waals surface area contributed by atoms with Gasteiger partial charge < -0.3 is 0 Å². The smallest absolute Gasteiger partial charge is 0.236 e. The van der Waals surface area contributed by atoms with E-state index in [1.807, 2.05) is 0 Å². The van der Waals surface area contributed by atoms with Crippen LogP contribution in [-0.4, -0.2) is 46.6 Å². The molecule has 0 aliphatic carbocycles. The Kier molecular flexibility index (Phi) is 6.69. The summed E-state index contributed by atoms with van der Waals surface area (Å²) in [6.07, 6.45) is -22.3. The van der Waals surface area contributed by atoms with Crippen LogP contribution in [0.15, 0.2) is 30.3 Å². The first-order valence-corrected chi connectivity index (χ1v) is 10.2. The zero-order valence-electron chi connectivity index (χ0n) is 14.1. The minimum Gasteiger partial charge on any atom is -0.236 e. The van der Waals surface area contributed by atoms with E-state index in [2.05, 4.69) is 0 Å². The lowest BCUT2D eigenvalue weighted by atomic mass is 9.88. The van der Waals surface area contributed by atoms with Crippen molar-refractivity contribution in [2.75, 3.05) is 5.75 Å². The largest absolute Gasteiger partial charge is 0.491 e. The third kappa shape index (κ3) is 4.68. The lowest BCUT2D eigenvalue weighted by Crippen LogP contribution is -2.63. The van der Waals surface area contributed by atoms with Crippen LogP contribution in [0, 0.1) is 10.00 Å². The van der Waals surface area contributed by atoms with E-state index in [1.165, 1.54) is 0 Å². The second-order valence-electron chi connectivity index (χ2n) is 5.76. The van der Waals surface area contributed by atoms with E-state index in [1.54, 1.807) is 0 Å². The topological polar surface area (TPSA) is 68.3 Å². The number of hydrogen-bond donors (Lipinski definition) is 0. The molecule has 0 fully saturated rings. The van der Waals surface area contributed by atoms with Crippen LogP contribution in [0.2, 0.25) is 0 Å². The highest BCUT2D eigenvalue weighted by Crippen LogP contribution is 2.60. The summed E-state index contributed by atoms with van der Waals surface area (Å²) in [5, 5.41) is 0. The number of halogens is 12. The Bertz CT molecular complexity index is 950. The van der Waals surface area contributed by atoms with Crippen molar-refractivity contribution in [1.82, 2.24) is 0 Å². The first-order valence-electron chi connectivity index (χ1n) is 7.10. The third-order valence-electron chi connectivity index (χ3n) is 3.70. The molecule has 0 spiro atoms. The molecule has 0 unspecified atom stereocenters. The maximum atomic E-state index is 13.0. The minimum absolute atomic E-state index is 0.229. The second kappa shape index (κ2) is 7.63. The highest BCUT2D eigenvalue weighted by molar-refractivity contribution is 8.13. The molecule has 0 radical (unpaired) electrons. The van der Waals surface area contributed by atoms with Gasteiger partial charge in [0.15, 0.2) is 0 Å². The molecule has 1 aromatic carbocycles. The van der Waals surface area contributed by atoms with Gasteiger partial charge in [0.25, 0.3) is 5.41 Å². The van der Waals surface area contributed by atoms with E-state index < -0.39 is 65.0 Å². The summed E-state index contributed by atoms with van der Waals surface area (Å²) in [6, 6.07) is 2.67. The van der Waals surface area contributed by atoms with Crippen LogP contribution >= 0.6 is 0 Å². The van der Waals surface area contributed by atoms with E-state index >= 15 is 0 Å². The maximum Gasteiger partial charge on any atom is 0.491 e. The average molecular weight is 519 g/mol. The molecule has 0 aliphatic rings. The van der Waals surface area contributed by atoms with Crippen LogP contribution in [0.25, 0.3) is 0 Å².